The lowest BCUT2D eigenvalue weighted by Gasteiger charge is -2.13. The molecule has 0 spiro atoms. The van der Waals surface area contributed by atoms with Crippen molar-refractivity contribution in [1.82, 2.24) is 15.1 Å². The van der Waals surface area contributed by atoms with E-state index >= 15 is 0 Å². The van der Waals surface area contributed by atoms with Crippen LogP contribution in [0.1, 0.15) is 13.8 Å². The van der Waals surface area contributed by atoms with Crippen LogP contribution in [0.25, 0.3) is 5.69 Å². The minimum atomic E-state index is -0.0664. The van der Waals surface area contributed by atoms with E-state index in [4.69, 9.17) is 0 Å². The molecule has 1 atom stereocenters. The van der Waals surface area contributed by atoms with Gasteiger partial charge in [-0.2, -0.15) is 5.10 Å². The van der Waals surface area contributed by atoms with Crippen molar-refractivity contribution in [2.24, 2.45) is 5.92 Å². The number of nitrogens with zero attached hydrogens (tertiary/aromatic N) is 2. The summed E-state index contributed by atoms with van der Waals surface area (Å²) in [5.41, 5.74) is 1.71. The Kier molecular flexibility index (Phi) is 4.90. The molecule has 0 aliphatic carbocycles. The number of anilines is 1. The number of carbonyl (C=O) groups is 1. The molecule has 0 fully saturated rings. The molecule has 5 heteroatoms. The Balaban J connectivity index is 2.03. The van der Waals surface area contributed by atoms with Crippen LogP contribution in [0.15, 0.2) is 42.7 Å². The summed E-state index contributed by atoms with van der Waals surface area (Å²) in [6, 6.07) is 9.51. The van der Waals surface area contributed by atoms with Crippen LogP contribution < -0.4 is 10.6 Å². The SMILES string of the molecule is CCNCC(C)C(=O)Nc1cccc(-n2cccn2)c1. The molecule has 0 bridgehead atoms. The average Bonchev–Trinajstić information content (AvgIpc) is 2.99. The van der Waals surface area contributed by atoms with Gasteiger partial charge in [0.1, 0.15) is 0 Å². The molecule has 1 aromatic carbocycles. The van der Waals surface area contributed by atoms with Crippen molar-refractivity contribution in [2.75, 3.05) is 18.4 Å². The molecule has 0 saturated carbocycles. The zero-order valence-corrected chi connectivity index (χ0v) is 11.8. The molecule has 2 N–H and O–H groups in total. The minimum absolute atomic E-state index is 0.0172. The van der Waals surface area contributed by atoms with Gasteiger partial charge < -0.3 is 10.6 Å². The Hall–Kier alpha value is -2.14. The van der Waals surface area contributed by atoms with Gasteiger partial charge in [0, 0.05) is 30.5 Å². The number of benzene rings is 1. The van der Waals surface area contributed by atoms with E-state index < -0.39 is 0 Å². The highest BCUT2D eigenvalue weighted by Gasteiger charge is 2.12. The summed E-state index contributed by atoms with van der Waals surface area (Å²) in [4.78, 5) is 12.0. The first-order valence-corrected chi connectivity index (χ1v) is 6.82. The van der Waals surface area contributed by atoms with E-state index in [0.717, 1.165) is 17.9 Å². The van der Waals surface area contributed by atoms with Crippen LogP contribution in [0, 0.1) is 5.92 Å². The Labute approximate surface area is 119 Å². The van der Waals surface area contributed by atoms with E-state index in [0.29, 0.717) is 6.54 Å². The molecular formula is C15H20N4O. The first-order chi connectivity index (χ1) is 9.70. The predicted octanol–water partition coefficient (Wildman–Crippen LogP) is 2.06. The Morgan fingerprint density at radius 2 is 2.25 bits per heavy atom. The van der Waals surface area contributed by atoms with E-state index in [9.17, 15) is 4.79 Å². The predicted molar refractivity (Wildman–Crippen MR) is 79.9 cm³/mol. The largest absolute Gasteiger partial charge is 0.326 e. The van der Waals surface area contributed by atoms with E-state index in [2.05, 4.69) is 15.7 Å². The molecule has 1 amide bonds. The molecule has 0 aliphatic rings. The molecular weight excluding hydrogens is 252 g/mol. The van der Waals surface area contributed by atoms with Gasteiger partial charge >= 0.3 is 0 Å². The fourth-order valence-corrected chi connectivity index (χ4v) is 1.87. The Bertz CT molecular complexity index is 551. The van der Waals surface area contributed by atoms with Gasteiger partial charge in [0.05, 0.1) is 5.69 Å². The van der Waals surface area contributed by atoms with Crippen LogP contribution in [-0.2, 0) is 4.79 Å². The second-order valence-electron chi connectivity index (χ2n) is 4.70. The van der Waals surface area contributed by atoms with Crippen LogP contribution in [0.3, 0.4) is 0 Å². The van der Waals surface area contributed by atoms with Crippen LogP contribution in [0.5, 0.6) is 0 Å². The standard InChI is InChI=1S/C15H20N4O/c1-3-16-11-12(2)15(20)18-13-6-4-7-14(10-13)19-9-5-8-17-19/h4-10,12,16H,3,11H2,1-2H3,(H,18,20). The second-order valence-corrected chi connectivity index (χ2v) is 4.70. The smallest absolute Gasteiger partial charge is 0.228 e. The third-order valence-corrected chi connectivity index (χ3v) is 3.03. The van der Waals surface area contributed by atoms with Crippen molar-refractivity contribution in [1.29, 1.82) is 0 Å². The van der Waals surface area contributed by atoms with Crippen LogP contribution in [0.4, 0.5) is 5.69 Å². The molecule has 106 valence electrons. The maximum absolute atomic E-state index is 12.0. The average molecular weight is 272 g/mol. The van der Waals surface area contributed by atoms with Gasteiger partial charge in [0.2, 0.25) is 5.91 Å². The van der Waals surface area contributed by atoms with Gasteiger partial charge in [-0.25, -0.2) is 4.68 Å². The summed E-state index contributed by atoms with van der Waals surface area (Å²) in [7, 11) is 0. The van der Waals surface area contributed by atoms with Crippen LogP contribution in [0.2, 0.25) is 0 Å². The lowest BCUT2D eigenvalue weighted by Crippen LogP contribution is -2.30. The number of hydrogen-bond acceptors (Lipinski definition) is 3. The van der Waals surface area contributed by atoms with E-state index in [1.54, 1.807) is 10.9 Å². The normalized spacial score (nSPS) is 12.1. The molecule has 20 heavy (non-hydrogen) atoms. The zero-order chi connectivity index (χ0) is 14.4. The molecule has 0 radical (unpaired) electrons. The fraction of sp³-hybridized carbons (Fsp3) is 0.333. The molecule has 0 aliphatic heterocycles. The summed E-state index contributed by atoms with van der Waals surface area (Å²) < 4.78 is 1.76. The van der Waals surface area contributed by atoms with Crippen molar-refractivity contribution in [2.45, 2.75) is 13.8 Å². The van der Waals surface area contributed by atoms with E-state index in [1.165, 1.54) is 0 Å². The molecule has 5 nitrogen and oxygen atoms in total. The molecule has 2 aromatic rings. The number of aromatic nitrogens is 2. The molecule has 1 aromatic heterocycles. The summed E-state index contributed by atoms with van der Waals surface area (Å²) >= 11 is 0. The first kappa shape index (κ1) is 14.3. The van der Waals surface area contributed by atoms with Crippen molar-refractivity contribution >= 4 is 11.6 Å². The van der Waals surface area contributed by atoms with Gasteiger partial charge in [0.15, 0.2) is 0 Å². The lowest BCUT2D eigenvalue weighted by atomic mass is 10.1. The van der Waals surface area contributed by atoms with Crippen molar-refractivity contribution in [3.63, 3.8) is 0 Å². The fourth-order valence-electron chi connectivity index (χ4n) is 1.87. The zero-order valence-electron chi connectivity index (χ0n) is 11.8. The van der Waals surface area contributed by atoms with Crippen LogP contribution in [-0.4, -0.2) is 28.8 Å². The van der Waals surface area contributed by atoms with Crippen molar-refractivity contribution in [3.05, 3.63) is 42.7 Å². The number of nitrogens with one attached hydrogen (secondary N) is 2. The Morgan fingerprint density at radius 3 is 2.95 bits per heavy atom. The highest BCUT2D eigenvalue weighted by atomic mass is 16.1. The summed E-state index contributed by atoms with van der Waals surface area (Å²) in [5, 5.41) is 10.3. The van der Waals surface area contributed by atoms with Gasteiger partial charge in [-0.15, -0.1) is 0 Å². The summed E-state index contributed by atoms with van der Waals surface area (Å²) in [6.45, 7) is 5.49. The van der Waals surface area contributed by atoms with Gasteiger partial charge in [-0.1, -0.05) is 19.9 Å². The van der Waals surface area contributed by atoms with Crippen LogP contribution >= 0.6 is 0 Å². The summed E-state index contributed by atoms with van der Waals surface area (Å²) in [6.07, 6.45) is 3.60. The van der Waals surface area contributed by atoms with E-state index in [-0.39, 0.29) is 11.8 Å². The van der Waals surface area contributed by atoms with Gasteiger partial charge in [-0.05, 0) is 30.8 Å². The number of rotatable bonds is 6. The Morgan fingerprint density at radius 1 is 1.40 bits per heavy atom. The molecule has 0 saturated heterocycles. The molecule has 1 heterocycles. The molecule has 1 unspecified atom stereocenters. The maximum atomic E-state index is 12.0. The maximum Gasteiger partial charge on any atom is 0.228 e. The van der Waals surface area contributed by atoms with E-state index in [1.807, 2.05) is 50.4 Å². The highest BCUT2D eigenvalue weighted by molar-refractivity contribution is 5.92. The minimum Gasteiger partial charge on any atom is -0.326 e. The van der Waals surface area contributed by atoms with Crippen molar-refractivity contribution < 1.29 is 4.79 Å². The van der Waals surface area contributed by atoms with Gasteiger partial charge in [0.25, 0.3) is 0 Å². The monoisotopic (exact) mass is 272 g/mol. The highest BCUT2D eigenvalue weighted by Crippen LogP contribution is 2.14. The number of amides is 1. The topological polar surface area (TPSA) is 59.0 Å². The summed E-state index contributed by atoms with van der Waals surface area (Å²) in [5.74, 6) is -0.0492. The first-order valence-electron chi connectivity index (χ1n) is 6.82. The number of carbonyl (C=O) groups excluding carboxylic acids is 1. The number of hydrogen-bond donors (Lipinski definition) is 2. The van der Waals surface area contributed by atoms with Crippen molar-refractivity contribution in [3.8, 4) is 5.69 Å². The third kappa shape index (κ3) is 3.68. The third-order valence-electron chi connectivity index (χ3n) is 3.03. The quantitative estimate of drug-likeness (QED) is 0.846. The lowest BCUT2D eigenvalue weighted by molar-refractivity contribution is -0.119. The molecule has 2 rings (SSSR count). The second kappa shape index (κ2) is 6.86. The van der Waals surface area contributed by atoms with Gasteiger partial charge in [-0.3, -0.25) is 4.79 Å².